The zero-order valence-corrected chi connectivity index (χ0v) is 13.6. The first kappa shape index (κ1) is 14.1. The fourth-order valence-electron chi connectivity index (χ4n) is 4.02. The fourth-order valence-corrected chi connectivity index (χ4v) is 4.21. The highest BCUT2D eigenvalue weighted by Crippen LogP contribution is 2.50. The summed E-state index contributed by atoms with van der Waals surface area (Å²) in [5, 5.41) is 0. The van der Waals surface area contributed by atoms with Crippen LogP contribution in [0.25, 0.3) is 0 Å². The molecule has 1 nitrogen and oxygen atoms in total. The van der Waals surface area contributed by atoms with Gasteiger partial charge in [0.2, 0.25) is 0 Å². The molecule has 0 unspecified atom stereocenters. The molecule has 3 rings (SSSR count). The van der Waals surface area contributed by atoms with Gasteiger partial charge in [-0.05, 0) is 30.2 Å². The average molecular weight is 287 g/mol. The van der Waals surface area contributed by atoms with E-state index in [1.165, 1.54) is 31.4 Å². The minimum Gasteiger partial charge on any atom is -0.358 e. The van der Waals surface area contributed by atoms with E-state index in [9.17, 15) is 0 Å². The minimum atomic E-state index is 0.0843. The standard InChI is InChI=1S/C18H25NS/c1-18(2,3)17(20)19-12-14-10-7-11-15(14)16(19)13-8-5-4-6-9-13/h4-6,8-9,14-16H,7,10-12H2,1-3H3/t14-,15-,16+/m0/s1. The molecule has 1 aromatic carbocycles. The molecule has 3 atom stereocenters. The molecule has 1 aliphatic heterocycles. The number of nitrogens with zero attached hydrogens (tertiary/aromatic N) is 1. The van der Waals surface area contributed by atoms with E-state index in [0.717, 1.165) is 16.8 Å². The molecule has 1 saturated heterocycles. The lowest BCUT2D eigenvalue weighted by atomic mass is 9.88. The van der Waals surface area contributed by atoms with Gasteiger partial charge in [-0.1, -0.05) is 69.7 Å². The van der Waals surface area contributed by atoms with Gasteiger partial charge in [-0.15, -0.1) is 0 Å². The highest BCUT2D eigenvalue weighted by atomic mass is 32.1. The van der Waals surface area contributed by atoms with E-state index in [1.807, 2.05) is 0 Å². The number of fused-ring (bicyclic) bond motifs is 1. The second-order valence-corrected chi connectivity index (χ2v) is 7.80. The Hall–Kier alpha value is -0.890. The van der Waals surface area contributed by atoms with Gasteiger partial charge in [0.15, 0.2) is 0 Å². The van der Waals surface area contributed by atoms with Crippen molar-refractivity contribution in [1.82, 2.24) is 4.90 Å². The van der Waals surface area contributed by atoms with Gasteiger partial charge >= 0.3 is 0 Å². The van der Waals surface area contributed by atoms with Crippen molar-refractivity contribution in [2.24, 2.45) is 17.3 Å². The van der Waals surface area contributed by atoms with E-state index in [4.69, 9.17) is 12.2 Å². The number of hydrogen-bond acceptors (Lipinski definition) is 1. The number of benzene rings is 1. The van der Waals surface area contributed by atoms with Crippen molar-refractivity contribution in [3.05, 3.63) is 35.9 Å². The highest BCUT2D eigenvalue weighted by Gasteiger charge is 2.46. The Bertz CT molecular complexity index is 488. The molecular weight excluding hydrogens is 262 g/mol. The molecular formula is C18H25NS. The van der Waals surface area contributed by atoms with Crippen LogP contribution in [-0.4, -0.2) is 16.4 Å². The number of likely N-dealkylation sites (tertiary alicyclic amines) is 1. The summed E-state index contributed by atoms with van der Waals surface area (Å²) in [5.74, 6) is 1.65. The maximum atomic E-state index is 5.83. The van der Waals surface area contributed by atoms with Crippen LogP contribution < -0.4 is 0 Å². The third-order valence-electron chi connectivity index (χ3n) is 4.93. The first-order valence-electron chi connectivity index (χ1n) is 7.84. The maximum absolute atomic E-state index is 5.83. The maximum Gasteiger partial charge on any atom is 0.0838 e. The van der Waals surface area contributed by atoms with Gasteiger partial charge in [0.25, 0.3) is 0 Å². The highest BCUT2D eigenvalue weighted by molar-refractivity contribution is 7.80. The summed E-state index contributed by atoms with van der Waals surface area (Å²) in [6.45, 7) is 7.89. The summed E-state index contributed by atoms with van der Waals surface area (Å²) in [5.41, 5.74) is 1.54. The molecule has 2 fully saturated rings. The van der Waals surface area contributed by atoms with E-state index < -0.39 is 0 Å². The number of thiocarbonyl (C=S) groups is 1. The van der Waals surface area contributed by atoms with Crippen LogP contribution in [0.4, 0.5) is 0 Å². The summed E-state index contributed by atoms with van der Waals surface area (Å²) >= 11 is 5.83. The van der Waals surface area contributed by atoms with Gasteiger partial charge in [-0.25, -0.2) is 0 Å². The lowest BCUT2D eigenvalue weighted by Crippen LogP contribution is -2.38. The molecule has 0 bridgehead atoms. The zero-order valence-electron chi connectivity index (χ0n) is 12.8. The molecule has 1 heterocycles. The van der Waals surface area contributed by atoms with Crippen molar-refractivity contribution in [3.63, 3.8) is 0 Å². The van der Waals surface area contributed by atoms with Gasteiger partial charge in [0.05, 0.1) is 11.0 Å². The number of rotatable bonds is 1. The predicted octanol–water partition coefficient (Wildman–Crippen LogP) is 4.83. The van der Waals surface area contributed by atoms with Crippen molar-refractivity contribution >= 4 is 17.2 Å². The van der Waals surface area contributed by atoms with E-state index in [0.29, 0.717) is 6.04 Å². The quantitative estimate of drug-likeness (QED) is 0.680. The van der Waals surface area contributed by atoms with Gasteiger partial charge < -0.3 is 4.90 Å². The smallest absolute Gasteiger partial charge is 0.0838 e. The van der Waals surface area contributed by atoms with Gasteiger partial charge in [-0.2, -0.15) is 0 Å². The molecule has 0 aromatic heterocycles. The van der Waals surface area contributed by atoms with E-state index in [2.05, 4.69) is 56.0 Å². The van der Waals surface area contributed by atoms with Gasteiger partial charge in [0.1, 0.15) is 0 Å². The minimum absolute atomic E-state index is 0.0843. The molecule has 0 radical (unpaired) electrons. The van der Waals surface area contributed by atoms with Crippen LogP contribution >= 0.6 is 12.2 Å². The predicted molar refractivity (Wildman–Crippen MR) is 88.8 cm³/mol. The normalized spacial score (nSPS) is 29.6. The zero-order chi connectivity index (χ0) is 14.3. The third kappa shape index (κ3) is 2.39. The van der Waals surface area contributed by atoms with Crippen LogP contribution in [-0.2, 0) is 0 Å². The van der Waals surface area contributed by atoms with E-state index in [-0.39, 0.29) is 5.41 Å². The lowest BCUT2D eigenvalue weighted by Gasteiger charge is -2.36. The summed E-state index contributed by atoms with van der Waals surface area (Å²) in [4.78, 5) is 3.68. The SMILES string of the molecule is CC(C)(C)C(=S)N1C[C@@H]2CCC[C@@H]2[C@H]1c1ccccc1. The second kappa shape index (κ2) is 5.14. The molecule has 2 aliphatic rings. The largest absolute Gasteiger partial charge is 0.358 e. The molecule has 2 heteroatoms. The molecule has 108 valence electrons. The van der Waals surface area contributed by atoms with Crippen molar-refractivity contribution < 1.29 is 0 Å². The Morgan fingerprint density at radius 2 is 1.85 bits per heavy atom. The van der Waals surface area contributed by atoms with Crippen LogP contribution in [0.5, 0.6) is 0 Å². The van der Waals surface area contributed by atoms with Crippen LogP contribution in [0.2, 0.25) is 0 Å². The molecule has 0 spiro atoms. The van der Waals surface area contributed by atoms with Crippen LogP contribution in [0.15, 0.2) is 30.3 Å². The van der Waals surface area contributed by atoms with Crippen molar-refractivity contribution in [2.45, 2.75) is 46.1 Å². The first-order valence-corrected chi connectivity index (χ1v) is 8.25. The molecule has 1 aliphatic carbocycles. The van der Waals surface area contributed by atoms with E-state index in [1.54, 1.807) is 0 Å². The Morgan fingerprint density at radius 3 is 2.50 bits per heavy atom. The van der Waals surface area contributed by atoms with Crippen molar-refractivity contribution in [1.29, 1.82) is 0 Å². The number of hydrogen-bond donors (Lipinski definition) is 0. The third-order valence-corrected chi connectivity index (χ3v) is 5.78. The average Bonchev–Trinajstić information content (AvgIpc) is 2.97. The summed E-state index contributed by atoms with van der Waals surface area (Å²) in [6.07, 6.45) is 4.15. The first-order chi connectivity index (χ1) is 9.48. The van der Waals surface area contributed by atoms with Gasteiger partial charge in [0, 0.05) is 12.0 Å². The Balaban J connectivity index is 1.95. The fraction of sp³-hybridized carbons (Fsp3) is 0.611. The summed E-state index contributed by atoms with van der Waals surface area (Å²) < 4.78 is 0. The van der Waals surface area contributed by atoms with E-state index >= 15 is 0 Å². The van der Waals surface area contributed by atoms with Crippen LogP contribution in [0.1, 0.15) is 51.6 Å². The molecule has 0 N–H and O–H groups in total. The lowest BCUT2D eigenvalue weighted by molar-refractivity contribution is 0.313. The molecule has 1 aromatic rings. The summed E-state index contributed by atoms with van der Waals surface area (Å²) in [7, 11) is 0. The second-order valence-electron chi connectivity index (χ2n) is 7.42. The Kier molecular flexibility index (Phi) is 3.62. The Labute approximate surface area is 128 Å². The van der Waals surface area contributed by atoms with Gasteiger partial charge in [-0.3, -0.25) is 0 Å². The summed E-state index contributed by atoms with van der Waals surface area (Å²) in [6, 6.07) is 11.5. The van der Waals surface area contributed by atoms with Crippen molar-refractivity contribution in [3.8, 4) is 0 Å². The van der Waals surface area contributed by atoms with Crippen LogP contribution in [0.3, 0.4) is 0 Å². The topological polar surface area (TPSA) is 3.24 Å². The monoisotopic (exact) mass is 287 g/mol. The molecule has 20 heavy (non-hydrogen) atoms. The van der Waals surface area contributed by atoms with Crippen molar-refractivity contribution in [2.75, 3.05) is 6.54 Å². The van der Waals surface area contributed by atoms with Crippen LogP contribution in [0, 0.1) is 17.3 Å². The Morgan fingerprint density at radius 1 is 1.15 bits per heavy atom. The molecule has 1 saturated carbocycles. The molecule has 0 amide bonds.